The average molecular weight is 326 g/mol. The second-order valence-electron chi connectivity index (χ2n) is 5.40. The maximum absolute atomic E-state index is 11.6. The SMILES string of the molecule is CCOc1ccc(C(C)=O)cc1COc1ccc(C(=O)CC)cc1. The summed E-state index contributed by atoms with van der Waals surface area (Å²) in [4.78, 5) is 23.2. The van der Waals surface area contributed by atoms with Crippen molar-refractivity contribution in [1.29, 1.82) is 0 Å². The van der Waals surface area contributed by atoms with Crippen molar-refractivity contribution in [3.8, 4) is 11.5 Å². The van der Waals surface area contributed by atoms with Gasteiger partial charge in [-0.05, 0) is 56.3 Å². The van der Waals surface area contributed by atoms with E-state index in [0.717, 1.165) is 5.56 Å². The molecule has 0 aliphatic carbocycles. The van der Waals surface area contributed by atoms with Crippen LogP contribution < -0.4 is 9.47 Å². The summed E-state index contributed by atoms with van der Waals surface area (Å²) in [6.07, 6.45) is 0.482. The number of carbonyl (C=O) groups is 2. The van der Waals surface area contributed by atoms with Crippen LogP contribution >= 0.6 is 0 Å². The molecule has 0 fully saturated rings. The summed E-state index contributed by atoms with van der Waals surface area (Å²) in [7, 11) is 0. The molecule has 0 aliphatic heterocycles. The molecule has 24 heavy (non-hydrogen) atoms. The Bertz CT molecular complexity index is 717. The molecule has 2 rings (SSSR count). The highest BCUT2D eigenvalue weighted by molar-refractivity contribution is 5.96. The lowest BCUT2D eigenvalue weighted by Gasteiger charge is -2.13. The molecule has 0 aliphatic rings. The fourth-order valence-electron chi connectivity index (χ4n) is 2.31. The van der Waals surface area contributed by atoms with Crippen LogP contribution in [0.5, 0.6) is 11.5 Å². The fraction of sp³-hybridized carbons (Fsp3) is 0.300. The molecule has 0 saturated carbocycles. The number of ether oxygens (including phenoxy) is 2. The van der Waals surface area contributed by atoms with Gasteiger partial charge in [0.05, 0.1) is 6.61 Å². The van der Waals surface area contributed by atoms with Gasteiger partial charge < -0.3 is 9.47 Å². The number of benzene rings is 2. The minimum atomic E-state index is 0.00160. The third-order valence-electron chi connectivity index (χ3n) is 3.66. The highest BCUT2D eigenvalue weighted by Gasteiger charge is 2.09. The van der Waals surface area contributed by atoms with Crippen LogP contribution in [0.4, 0.5) is 0 Å². The zero-order chi connectivity index (χ0) is 17.5. The molecule has 0 saturated heterocycles. The van der Waals surface area contributed by atoms with Gasteiger partial charge in [-0.15, -0.1) is 0 Å². The summed E-state index contributed by atoms with van der Waals surface area (Å²) in [5.41, 5.74) is 2.12. The first-order valence-corrected chi connectivity index (χ1v) is 8.07. The third-order valence-corrected chi connectivity index (χ3v) is 3.66. The summed E-state index contributed by atoms with van der Waals surface area (Å²) >= 11 is 0. The van der Waals surface area contributed by atoms with E-state index in [1.54, 1.807) is 42.5 Å². The van der Waals surface area contributed by atoms with E-state index in [1.807, 2.05) is 13.8 Å². The first-order valence-electron chi connectivity index (χ1n) is 8.07. The molecule has 4 nitrogen and oxygen atoms in total. The molecule has 0 spiro atoms. The van der Waals surface area contributed by atoms with Gasteiger partial charge in [0.2, 0.25) is 0 Å². The topological polar surface area (TPSA) is 52.6 Å². The molecular formula is C20H22O4. The Morgan fingerprint density at radius 1 is 0.917 bits per heavy atom. The summed E-state index contributed by atoms with van der Waals surface area (Å²) in [5, 5.41) is 0. The number of hydrogen-bond acceptors (Lipinski definition) is 4. The van der Waals surface area contributed by atoms with E-state index in [2.05, 4.69) is 0 Å². The quantitative estimate of drug-likeness (QED) is 0.672. The van der Waals surface area contributed by atoms with Crippen molar-refractivity contribution >= 4 is 11.6 Å². The van der Waals surface area contributed by atoms with Crippen molar-refractivity contribution < 1.29 is 19.1 Å². The molecule has 0 bridgehead atoms. The first kappa shape index (κ1) is 17.7. The molecule has 126 valence electrons. The van der Waals surface area contributed by atoms with Crippen molar-refractivity contribution in [1.82, 2.24) is 0 Å². The normalized spacial score (nSPS) is 10.3. The maximum atomic E-state index is 11.6. The predicted molar refractivity (Wildman–Crippen MR) is 93.0 cm³/mol. The van der Waals surface area contributed by atoms with Gasteiger partial charge in [-0.25, -0.2) is 0 Å². The van der Waals surface area contributed by atoms with E-state index in [4.69, 9.17) is 9.47 Å². The molecule has 0 atom stereocenters. The van der Waals surface area contributed by atoms with Gasteiger partial charge in [-0.2, -0.15) is 0 Å². The van der Waals surface area contributed by atoms with Crippen LogP contribution in [0.25, 0.3) is 0 Å². The van der Waals surface area contributed by atoms with Gasteiger partial charge in [0.15, 0.2) is 11.6 Å². The Hall–Kier alpha value is -2.62. The number of carbonyl (C=O) groups excluding carboxylic acids is 2. The van der Waals surface area contributed by atoms with Gasteiger partial charge in [0.1, 0.15) is 18.1 Å². The highest BCUT2D eigenvalue weighted by Crippen LogP contribution is 2.23. The van der Waals surface area contributed by atoms with E-state index in [9.17, 15) is 9.59 Å². The summed E-state index contributed by atoms with van der Waals surface area (Å²) < 4.78 is 11.4. The zero-order valence-corrected chi connectivity index (χ0v) is 14.3. The number of rotatable bonds is 8. The Balaban J connectivity index is 2.13. The molecule has 0 aromatic heterocycles. The number of hydrogen-bond donors (Lipinski definition) is 0. The largest absolute Gasteiger partial charge is 0.493 e. The predicted octanol–water partition coefficient (Wildman–Crippen LogP) is 4.46. The lowest BCUT2D eigenvalue weighted by molar-refractivity contribution is 0.0985. The molecule has 2 aromatic rings. The van der Waals surface area contributed by atoms with Gasteiger partial charge in [-0.1, -0.05) is 6.92 Å². The molecular weight excluding hydrogens is 304 g/mol. The maximum Gasteiger partial charge on any atom is 0.162 e. The second kappa shape index (κ2) is 8.29. The molecule has 0 unspecified atom stereocenters. The lowest BCUT2D eigenvalue weighted by atomic mass is 10.1. The molecule has 0 N–H and O–H groups in total. The lowest BCUT2D eigenvalue weighted by Crippen LogP contribution is -2.04. The van der Waals surface area contributed by atoms with E-state index in [0.29, 0.717) is 35.7 Å². The van der Waals surface area contributed by atoms with Crippen molar-refractivity contribution in [2.75, 3.05) is 6.61 Å². The van der Waals surface area contributed by atoms with Gasteiger partial charge in [0, 0.05) is 23.1 Å². The van der Waals surface area contributed by atoms with Crippen LogP contribution in [-0.2, 0) is 6.61 Å². The second-order valence-corrected chi connectivity index (χ2v) is 5.40. The molecule has 4 heteroatoms. The Morgan fingerprint density at radius 3 is 2.17 bits per heavy atom. The average Bonchev–Trinajstić information content (AvgIpc) is 2.60. The Kier molecular flexibility index (Phi) is 6.13. The molecule has 0 amide bonds. The van der Waals surface area contributed by atoms with Crippen molar-refractivity contribution in [3.05, 3.63) is 59.2 Å². The van der Waals surface area contributed by atoms with E-state index in [-0.39, 0.29) is 18.2 Å². The Labute approximate surface area is 142 Å². The molecule has 0 heterocycles. The minimum Gasteiger partial charge on any atom is -0.493 e. The van der Waals surface area contributed by atoms with Crippen LogP contribution in [-0.4, -0.2) is 18.2 Å². The summed E-state index contributed by atoms with van der Waals surface area (Å²) in [6, 6.07) is 12.4. The monoisotopic (exact) mass is 326 g/mol. The van der Waals surface area contributed by atoms with Crippen LogP contribution in [0.2, 0.25) is 0 Å². The fourth-order valence-corrected chi connectivity index (χ4v) is 2.31. The van der Waals surface area contributed by atoms with Crippen LogP contribution in [0, 0.1) is 0 Å². The van der Waals surface area contributed by atoms with Crippen molar-refractivity contribution in [3.63, 3.8) is 0 Å². The van der Waals surface area contributed by atoms with Gasteiger partial charge in [0.25, 0.3) is 0 Å². The van der Waals surface area contributed by atoms with Crippen molar-refractivity contribution in [2.24, 2.45) is 0 Å². The highest BCUT2D eigenvalue weighted by atomic mass is 16.5. The zero-order valence-electron chi connectivity index (χ0n) is 14.3. The van der Waals surface area contributed by atoms with Crippen molar-refractivity contribution in [2.45, 2.75) is 33.8 Å². The first-order chi connectivity index (χ1) is 11.5. The van der Waals surface area contributed by atoms with Crippen LogP contribution in [0.15, 0.2) is 42.5 Å². The van der Waals surface area contributed by atoms with E-state index >= 15 is 0 Å². The van der Waals surface area contributed by atoms with Gasteiger partial charge >= 0.3 is 0 Å². The van der Waals surface area contributed by atoms with E-state index < -0.39 is 0 Å². The summed E-state index contributed by atoms with van der Waals surface area (Å²) in [5.74, 6) is 1.48. The number of Topliss-reactive ketones (excluding diaryl/α,β-unsaturated/α-hetero) is 2. The minimum absolute atomic E-state index is 0.00160. The third kappa shape index (κ3) is 4.44. The Morgan fingerprint density at radius 2 is 1.58 bits per heavy atom. The molecule has 2 aromatic carbocycles. The van der Waals surface area contributed by atoms with Crippen LogP contribution in [0.1, 0.15) is 53.5 Å². The molecule has 0 radical (unpaired) electrons. The number of ketones is 2. The van der Waals surface area contributed by atoms with Gasteiger partial charge in [-0.3, -0.25) is 9.59 Å². The van der Waals surface area contributed by atoms with Crippen LogP contribution in [0.3, 0.4) is 0 Å². The smallest absolute Gasteiger partial charge is 0.162 e. The summed E-state index contributed by atoms with van der Waals surface area (Å²) in [6.45, 7) is 6.11. The van der Waals surface area contributed by atoms with E-state index in [1.165, 1.54) is 6.92 Å². The standard InChI is InChI=1S/C20H22O4/c1-4-19(22)15-6-9-18(10-7-15)24-13-17-12-16(14(3)21)8-11-20(17)23-5-2/h6-12H,4-5,13H2,1-3H3.